The Kier molecular flexibility index (Phi) is 9.82. The van der Waals surface area contributed by atoms with Crippen molar-refractivity contribution < 1.29 is 27.5 Å². The summed E-state index contributed by atoms with van der Waals surface area (Å²) in [5.74, 6) is -0.837. The SMILES string of the molecule is COC(=O)CCNCC1CCCN1C(=O)CN1CCCC(NS(=O)(=O)c2ccc(-c3ccc(Cl)s3)s2)C1=O. The first kappa shape index (κ1) is 29.0. The van der Waals surface area contributed by atoms with Crippen LogP contribution in [0.15, 0.2) is 28.5 Å². The van der Waals surface area contributed by atoms with Crippen LogP contribution < -0.4 is 10.0 Å². The van der Waals surface area contributed by atoms with Gasteiger partial charge in [0.05, 0.1) is 24.4 Å². The fourth-order valence-electron chi connectivity index (χ4n) is 4.69. The number of amides is 2. The third kappa shape index (κ3) is 7.13. The molecular formula is C24H31ClN4O6S3. The lowest BCUT2D eigenvalue weighted by molar-refractivity contribution is -0.143. The summed E-state index contributed by atoms with van der Waals surface area (Å²) in [6.45, 7) is 1.94. The Bertz CT molecular complexity index is 1260. The van der Waals surface area contributed by atoms with Crippen LogP contribution in [0, 0.1) is 0 Å². The Labute approximate surface area is 235 Å². The number of rotatable bonds is 11. The molecular weight excluding hydrogens is 572 g/mol. The highest BCUT2D eigenvalue weighted by Crippen LogP contribution is 2.37. The molecule has 2 N–H and O–H groups in total. The number of thiophene rings is 2. The van der Waals surface area contributed by atoms with E-state index in [4.69, 9.17) is 11.6 Å². The molecule has 0 radical (unpaired) electrons. The summed E-state index contributed by atoms with van der Waals surface area (Å²) in [6.07, 6.45) is 2.93. The zero-order chi connectivity index (χ0) is 27.3. The molecule has 208 valence electrons. The molecule has 0 bridgehead atoms. The van der Waals surface area contributed by atoms with Gasteiger partial charge < -0.3 is 19.9 Å². The normalized spacial score (nSPS) is 20.2. The highest BCUT2D eigenvalue weighted by molar-refractivity contribution is 7.91. The molecule has 2 amide bonds. The minimum atomic E-state index is -3.91. The van der Waals surface area contributed by atoms with E-state index >= 15 is 0 Å². The molecule has 0 aliphatic carbocycles. The number of likely N-dealkylation sites (tertiary alicyclic amines) is 2. The summed E-state index contributed by atoms with van der Waals surface area (Å²) < 4.78 is 34.0. The van der Waals surface area contributed by atoms with Crippen molar-refractivity contribution in [1.29, 1.82) is 0 Å². The predicted octanol–water partition coefficient (Wildman–Crippen LogP) is 2.54. The molecule has 2 aliphatic rings. The van der Waals surface area contributed by atoms with Crippen molar-refractivity contribution in [2.75, 3.05) is 39.8 Å². The maximum Gasteiger partial charge on any atom is 0.306 e. The highest BCUT2D eigenvalue weighted by Gasteiger charge is 2.36. The summed E-state index contributed by atoms with van der Waals surface area (Å²) in [6, 6.07) is 5.92. The monoisotopic (exact) mass is 602 g/mol. The molecule has 2 fully saturated rings. The van der Waals surface area contributed by atoms with Crippen LogP contribution in [0.1, 0.15) is 32.1 Å². The van der Waals surface area contributed by atoms with Gasteiger partial charge in [0.2, 0.25) is 11.8 Å². The fourth-order valence-corrected chi connectivity index (χ4v) is 8.37. The maximum absolute atomic E-state index is 13.2. The second-order valence-corrected chi connectivity index (χ2v) is 14.0. The van der Waals surface area contributed by atoms with Gasteiger partial charge in [-0.1, -0.05) is 11.6 Å². The Balaban J connectivity index is 1.32. The Morgan fingerprint density at radius 1 is 1.11 bits per heavy atom. The van der Waals surface area contributed by atoms with Gasteiger partial charge in [0.25, 0.3) is 10.0 Å². The molecule has 2 unspecified atom stereocenters. The molecule has 2 saturated heterocycles. The van der Waals surface area contributed by atoms with E-state index in [2.05, 4.69) is 14.8 Å². The van der Waals surface area contributed by atoms with Crippen molar-refractivity contribution >= 4 is 62.1 Å². The largest absolute Gasteiger partial charge is 0.469 e. The van der Waals surface area contributed by atoms with Crippen LogP contribution >= 0.6 is 34.3 Å². The lowest BCUT2D eigenvalue weighted by Gasteiger charge is -2.34. The molecule has 38 heavy (non-hydrogen) atoms. The number of nitrogens with zero attached hydrogens (tertiary/aromatic N) is 2. The summed E-state index contributed by atoms with van der Waals surface area (Å²) in [4.78, 5) is 42.4. The first-order valence-electron chi connectivity index (χ1n) is 12.4. The van der Waals surface area contributed by atoms with Crippen molar-refractivity contribution in [1.82, 2.24) is 19.8 Å². The van der Waals surface area contributed by atoms with Crippen LogP contribution in [-0.2, 0) is 29.1 Å². The number of nitrogens with one attached hydrogen (secondary N) is 2. The third-order valence-corrected chi connectivity index (χ3v) is 11.1. The zero-order valence-electron chi connectivity index (χ0n) is 21.0. The predicted molar refractivity (Wildman–Crippen MR) is 147 cm³/mol. The van der Waals surface area contributed by atoms with Gasteiger partial charge in [-0.15, -0.1) is 22.7 Å². The molecule has 0 aromatic carbocycles. The van der Waals surface area contributed by atoms with Crippen molar-refractivity contribution in [3.8, 4) is 9.75 Å². The molecule has 4 rings (SSSR count). The number of carbonyl (C=O) groups excluding carboxylic acids is 3. The molecule has 2 aliphatic heterocycles. The van der Waals surface area contributed by atoms with Crippen LogP contribution in [0.5, 0.6) is 0 Å². The van der Waals surface area contributed by atoms with E-state index in [-0.39, 0.29) is 41.0 Å². The van der Waals surface area contributed by atoms with Crippen LogP contribution in [0.2, 0.25) is 4.34 Å². The first-order valence-corrected chi connectivity index (χ1v) is 15.9. The van der Waals surface area contributed by atoms with Gasteiger partial charge in [-0.3, -0.25) is 14.4 Å². The zero-order valence-corrected chi connectivity index (χ0v) is 24.2. The van der Waals surface area contributed by atoms with Gasteiger partial charge in [0.15, 0.2) is 0 Å². The van der Waals surface area contributed by atoms with Crippen molar-refractivity contribution in [3.63, 3.8) is 0 Å². The second-order valence-electron chi connectivity index (χ2n) is 9.21. The number of sulfonamides is 1. The smallest absolute Gasteiger partial charge is 0.306 e. The molecule has 0 spiro atoms. The number of piperidine rings is 1. The molecule has 2 aromatic heterocycles. The number of hydrogen-bond donors (Lipinski definition) is 2. The van der Waals surface area contributed by atoms with Gasteiger partial charge in [0, 0.05) is 42.0 Å². The molecule has 4 heterocycles. The Hall–Kier alpha value is -2.03. The van der Waals surface area contributed by atoms with E-state index in [0.717, 1.165) is 33.9 Å². The molecule has 2 aromatic rings. The lowest BCUT2D eigenvalue weighted by Crippen LogP contribution is -2.55. The number of halogens is 1. The highest BCUT2D eigenvalue weighted by atomic mass is 35.5. The first-order chi connectivity index (χ1) is 18.2. The number of ether oxygens (including phenoxy) is 1. The molecule has 14 heteroatoms. The number of esters is 1. The van der Waals surface area contributed by atoms with Gasteiger partial charge >= 0.3 is 5.97 Å². The summed E-state index contributed by atoms with van der Waals surface area (Å²) in [5, 5.41) is 3.19. The van der Waals surface area contributed by atoms with E-state index in [0.29, 0.717) is 43.4 Å². The number of methoxy groups -OCH3 is 1. The van der Waals surface area contributed by atoms with E-state index in [9.17, 15) is 22.8 Å². The van der Waals surface area contributed by atoms with Crippen LogP contribution in [-0.4, -0.2) is 87.9 Å². The summed E-state index contributed by atoms with van der Waals surface area (Å²) in [7, 11) is -2.57. The van der Waals surface area contributed by atoms with E-state index < -0.39 is 16.1 Å². The van der Waals surface area contributed by atoms with Gasteiger partial charge in [-0.25, -0.2) is 8.42 Å². The minimum absolute atomic E-state index is 0.0133. The number of carbonyl (C=O) groups is 3. The van der Waals surface area contributed by atoms with Gasteiger partial charge in [-0.05, 0) is 49.9 Å². The van der Waals surface area contributed by atoms with Crippen molar-refractivity contribution in [2.24, 2.45) is 0 Å². The fraction of sp³-hybridized carbons (Fsp3) is 0.542. The van der Waals surface area contributed by atoms with Gasteiger partial charge in [0.1, 0.15) is 10.3 Å². The minimum Gasteiger partial charge on any atom is -0.469 e. The molecule has 2 atom stereocenters. The number of hydrogen-bond acceptors (Lipinski definition) is 9. The maximum atomic E-state index is 13.2. The lowest BCUT2D eigenvalue weighted by atomic mass is 10.1. The molecule has 10 nitrogen and oxygen atoms in total. The van der Waals surface area contributed by atoms with E-state index in [1.807, 2.05) is 6.07 Å². The van der Waals surface area contributed by atoms with Gasteiger partial charge in [-0.2, -0.15) is 4.72 Å². The average molecular weight is 603 g/mol. The Morgan fingerprint density at radius 3 is 2.58 bits per heavy atom. The average Bonchev–Trinajstić information content (AvgIpc) is 3.65. The van der Waals surface area contributed by atoms with Crippen LogP contribution in [0.4, 0.5) is 0 Å². The van der Waals surface area contributed by atoms with Crippen molar-refractivity contribution in [3.05, 3.63) is 28.6 Å². The standard InChI is InChI=1S/C24H31ClN4O6S3/c1-35-22(31)10-11-26-14-16-4-2-13-29(16)21(30)15-28-12-3-5-17(24(28)32)27-38(33,34)23-9-7-19(37-23)18-6-8-20(25)36-18/h6-9,16-17,26-27H,2-5,10-15H2,1H3. The van der Waals surface area contributed by atoms with E-state index in [1.54, 1.807) is 17.0 Å². The van der Waals surface area contributed by atoms with Crippen molar-refractivity contribution in [2.45, 2.75) is 48.4 Å². The quantitative estimate of drug-likeness (QED) is 0.299. The van der Waals surface area contributed by atoms with Crippen LogP contribution in [0.3, 0.4) is 0 Å². The summed E-state index contributed by atoms with van der Waals surface area (Å²) in [5.41, 5.74) is 0. The summed E-state index contributed by atoms with van der Waals surface area (Å²) >= 11 is 8.49. The second kappa shape index (κ2) is 12.9. The topological polar surface area (TPSA) is 125 Å². The molecule has 0 saturated carbocycles. The van der Waals surface area contributed by atoms with Crippen LogP contribution in [0.25, 0.3) is 9.75 Å². The van der Waals surface area contributed by atoms with E-state index in [1.165, 1.54) is 29.4 Å². The third-order valence-electron chi connectivity index (χ3n) is 6.63. The Morgan fingerprint density at radius 2 is 1.84 bits per heavy atom.